The highest BCUT2D eigenvalue weighted by Crippen LogP contribution is 2.17. The van der Waals surface area contributed by atoms with E-state index in [0.29, 0.717) is 6.61 Å². The number of rotatable bonds is 7. The molecule has 0 bridgehead atoms. The SMILES string of the molecule is C#CCOc1ccccc1CNCCc1ccc(Cl)cc1. The second-order valence-electron chi connectivity index (χ2n) is 4.65. The number of terminal acetylenes is 1. The van der Waals surface area contributed by atoms with E-state index in [1.54, 1.807) is 0 Å². The smallest absolute Gasteiger partial charge is 0.148 e. The molecular weight excluding hydrogens is 282 g/mol. The summed E-state index contributed by atoms with van der Waals surface area (Å²) in [5.74, 6) is 3.33. The first-order valence-corrected chi connectivity index (χ1v) is 7.26. The number of benzene rings is 2. The highest BCUT2D eigenvalue weighted by molar-refractivity contribution is 6.30. The van der Waals surface area contributed by atoms with Crippen LogP contribution in [-0.4, -0.2) is 13.2 Å². The Morgan fingerprint density at radius 3 is 2.62 bits per heavy atom. The van der Waals surface area contributed by atoms with Crippen molar-refractivity contribution in [2.75, 3.05) is 13.2 Å². The molecule has 2 nitrogen and oxygen atoms in total. The Kier molecular flexibility index (Phi) is 6.15. The molecule has 0 aromatic heterocycles. The first-order chi connectivity index (χ1) is 10.3. The van der Waals surface area contributed by atoms with Crippen LogP contribution in [-0.2, 0) is 13.0 Å². The molecule has 0 saturated heterocycles. The lowest BCUT2D eigenvalue weighted by molar-refractivity contribution is 0.365. The van der Waals surface area contributed by atoms with Gasteiger partial charge in [-0.2, -0.15) is 0 Å². The lowest BCUT2D eigenvalue weighted by Crippen LogP contribution is -2.17. The van der Waals surface area contributed by atoms with Gasteiger partial charge < -0.3 is 10.1 Å². The van der Waals surface area contributed by atoms with Crippen LogP contribution in [0.1, 0.15) is 11.1 Å². The highest BCUT2D eigenvalue weighted by Gasteiger charge is 2.02. The minimum atomic E-state index is 0.293. The molecule has 0 heterocycles. The second kappa shape index (κ2) is 8.36. The summed E-state index contributed by atoms with van der Waals surface area (Å²) >= 11 is 5.87. The number of ether oxygens (including phenoxy) is 1. The van der Waals surface area contributed by atoms with Crippen LogP contribution >= 0.6 is 11.6 Å². The molecule has 2 rings (SSSR count). The molecule has 1 N–H and O–H groups in total. The Balaban J connectivity index is 1.80. The molecule has 2 aromatic rings. The van der Waals surface area contributed by atoms with Crippen LogP contribution in [0.5, 0.6) is 5.75 Å². The van der Waals surface area contributed by atoms with E-state index in [1.165, 1.54) is 5.56 Å². The maximum atomic E-state index is 5.87. The average molecular weight is 300 g/mol. The van der Waals surface area contributed by atoms with Crippen molar-refractivity contribution in [1.82, 2.24) is 5.32 Å². The summed E-state index contributed by atoms with van der Waals surface area (Å²) in [7, 11) is 0. The van der Waals surface area contributed by atoms with Gasteiger partial charge in [0, 0.05) is 17.1 Å². The summed E-state index contributed by atoms with van der Waals surface area (Å²) in [5.41, 5.74) is 2.38. The average Bonchev–Trinajstić information content (AvgIpc) is 2.52. The summed E-state index contributed by atoms with van der Waals surface area (Å²) < 4.78 is 5.52. The van der Waals surface area contributed by atoms with Gasteiger partial charge in [-0.15, -0.1) is 6.42 Å². The Morgan fingerprint density at radius 1 is 1.10 bits per heavy atom. The third-order valence-electron chi connectivity index (χ3n) is 3.10. The van der Waals surface area contributed by atoms with E-state index >= 15 is 0 Å². The summed E-state index contributed by atoms with van der Waals surface area (Å²) in [6.07, 6.45) is 6.19. The van der Waals surface area contributed by atoms with Crippen molar-refractivity contribution in [3.8, 4) is 18.1 Å². The predicted molar refractivity (Wildman–Crippen MR) is 87.6 cm³/mol. The van der Waals surface area contributed by atoms with Crippen molar-refractivity contribution < 1.29 is 4.74 Å². The standard InChI is InChI=1S/C18H18ClNO/c1-2-13-21-18-6-4-3-5-16(18)14-20-12-11-15-7-9-17(19)10-8-15/h1,3-10,20H,11-14H2. The third-order valence-corrected chi connectivity index (χ3v) is 3.35. The third kappa shape index (κ3) is 5.15. The summed E-state index contributed by atoms with van der Waals surface area (Å²) in [6, 6.07) is 15.9. The van der Waals surface area contributed by atoms with Crippen molar-refractivity contribution in [2.24, 2.45) is 0 Å². The van der Waals surface area contributed by atoms with Crippen molar-refractivity contribution in [3.63, 3.8) is 0 Å². The van der Waals surface area contributed by atoms with Crippen LogP contribution in [0.15, 0.2) is 48.5 Å². The van der Waals surface area contributed by atoms with Gasteiger partial charge in [0.25, 0.3) is 0 Å². The van der Waals surface area contributed by atoms with Crippen molar-refractivity contribution >= 4 is 11.6 Å². The van der Waals surface area contributed by atoms with E-state index in [2.05, 4.69) is 11.2 Å². The van der Waals surface area contributed by atoms with Gasteiger partial charge in [-0.05, 0) is 36.7 Å². The van der Waals surface area contributed by atoms with Crippen molar-refractivity contribution in [2.45, 2.75) is 13.0 Å². The molecule has 0 fully saturated rings. The number of hydrogen-bond donors (Lipinski definition) is 1. The van der Waals surface area contributed by atoms with Crippen LogP contribution in [0.2, 0.25) is 5.02 Å². The van der Waals surface area contributed by atoms with E-state index in [-0.39, 0.29) is 0 Å². The van der Waals surface area contributed by atoms with Crippen LogP contribution < -0.4 is 10.1 Å². The summed E-state index contributed by atoms with van der Waals surface area (Å²) in [4.78, 5) is 0. The van der Waals surface area contributed by atoms with Crippen LogP contribution in [0.3, 0.4) is 0 Å². The number of hydrogen-bond acceptors (Lipinski definition) is 2. The van der Waals surface area contributed by atoms with Crippen LogP contribution in [0.25, 0.3) is 0 Å². The number of para-hydroxylation sites is 1. The molecule has 0 radical (unpaired) electrons. The van der Waals surface area contributed by atoms with Gasteiger partial charge in [-0.1, -0.05) is 47.9 Å². The molecule has 108 valence electrons. The maximum absolute atomic E-state index is 5.87. The van der Waals surface area contributed by atoms with E-state index < -0.39 is 0 Å². The van der Waals surface area contributed by atoms with Gasteiger partial charge in [-0.3, -0.25) is 0 Å². The maximum Gasteiger partial charge on any atom is 0.148 e. The highest BCUT2D eigenvalue weighted by atomic mass is 35.5. The van der Waals surface area contributed by atoms with E-state index in [4.69, 9.17) is 22.8 Å². The largest absolute Gasteiger partial charge is 0.481 e. The lowest BCUT2D eigenvalue weighted by Gasteiger charge is -2.10. The molecule has 3 heteroatoms. The summed E-state index contributed by atoms with van der Waals surface area (Å²) in [6.45, 7) is 1.95. The monoisotopic (exact) mass is 299 g/mol. The minimum absolute atomic E-state index is 0.293. The van der Waals surface area contributed by atoms with Crippen LogP contribution in [0, 0.1) is 12.3 Å². The molecular formula is C18H18ClNO. The fourth-order valence-corrected chi connectivity index (χ4v) is 2.14. The first kappa shape index (κ1) is 15.4. The fourth-order valence-electron chi connectivity index (χ4n) is 2.02. The van der Waals surface area contributed by atoms with Gasteiger partial charge in [0.15, 0.2) is 0 Å². The topological polar surface area (TPSA) is 21.3 Å². The molecule has 0 atom stereocenters. The van der Waals surface area contributed by atoms with E-state index in [9.17, 15) is 0 Å². The molecule has 0 aliphatic heterocycles. The van der Waals surface area contributed by atoms with Crippen molar-refractivity contribution in [1.29, 1.82) is 0 Å². The zero-order valence-electron chi connectivity index (χ0n) is 11.8. The molecule has 0 unspecified atom stereocenters. The fraction of sp³-hybridized carbons (Fsp3) is 0.222. The van der Waals surface area contributed by atoms with Gasteiger partial charge >= 0.3 is 0 Å². The second-order valence-corrected chi connectivity index (χ2v) is 5.09. The van der Waals surface area contributed by atoms with Gasteiger partial charge in [-0.25, -0.2) is 0 Å². The Bertz CT molecular complexity index is 601. The molecule has 0 saturated carbocycles. The Morgan fingerprint density at radius 2 is 1.86 bits per heavy atom. The van der Waals surface area contributed by atoms with Gasteiger partial charge in [0.2, 0.25) is 0 Å². The zero-order chi connectivity index (χ0) is 14.9. The normalized spacial score (nSPS) is 10.1. The Labute approximate surface area is 131 Å². The molecule has 0 amide bonds. The number of halogens is 1. The van der Waals surface area contributed by atoms with E-state index in [1.807, 2.05) is 48.5 Å². The quantitative estimate of drug-likeness (QED) is 0.622. The first-order valence-electron chi connectivity index (χ1n) is 6.89. The van der Waals surface area contributed by atoms with Crippen molar-refractivity contribution in [3.05, 3.63) is 64.7 Å². The molecule has 0 aliphatic carbocycles. The summed E-state index contributed by atoms with van der Waals surface area (Å²) in [5, 5.41) is 4.19. The predicted octanol–water partition coefficient (Wildman–Crippen LogP) is 3.68. The zero-order valence-corrected chi connectivity index (χ0v) is 12.6. The van der Waals surface area contributed by atoms with E-state index in [0.717, 1.165) is 35.8 Å². The minimum Gasteiger partial charge on any atom is -0.481 e. The number of nitrogens with one attached hydrogen (secondary N) is 1. The lowest BCUT2D eigenvalue weighted by atomic mass is 10.1. The van der Waals surface area contributed by atoms with Gasteiger partial charge in [0.05, 0.1) is 0 Å². The molecule has 2 aromatic carbocycles. The molecule has 0 aliphatic rings. The molecule has 0 spiro atoms. The van der Waals surface area contributed by atoms with Gasteiger partial charge in [0.1, 0.15) is 12.4 Å². The van der Waals surface area contributed by atoms with Crippen LogP contribution in [0.4, 0.5) is 0 Å². The molecule has 21 heavy (non-hydrogen) atoms. The Hall–Kier alpha value is -1.95.